The monoisotopic (exact) mass is 215 g/mol. The van der Waals surface area contributed by atoms with E-state index in [1.807, 2.05) is 0 Å². The number of ketones is 1. The van der Waals surface area contributed by atoms with Crippen LogP contribution in [0.15, 0.2) is 24.3 Å². The molecular weight excluding hydrogens is 198 g/mol. The van der Waals surface area contributed by atoms with E-state index in [1.165, 1.54) is 11.1 Å². The van der Waals surface area contributed by atoms with E-state index in [0.29, 0.717) is 5.78 Å². The van der Waals surface area contributed by atoms with E-state index in [0.717, 1.165) is 19.4 Å². The molecule has 2 unspecified atom stereocenters. The van der Waals surface area contributed by atoms with Crippen molar-refractivity contribution in [3.05, 3.63) is 35.4 Å². The van der Waals surface area contributed by atoms with Crippen molar-refractivity contribution in [1.29, 1.82) is 0 Å². The minimum Gasteiger partial charge on any atom is -0.297 e. The molecular formula is C14H17NO. The van der Waals surface area contributed by atoms with Crippen molar-refractivity contribution in [2.45, 2.75) is 31.2 Å². The second-order valence-corrected chi connectivity index (χ2v) is 5.30. The lowest BCUT2D eigenvalue weighted by Crippen LogP contribution is -2.58. The fraction of sp³-hybridized carbons (Fsp3) is 0.500. The third-order valence-corrected chi connectivity index (χ3v) is 4.37. The van der Waals surface area contributed by atoms with Gasteiger partial charge < -0.3 is 0 Å². The molecule has 1 aliphatic carbocycles. The normalized spacial score (nSPS) is 33.6. The van der Waals surface area contributed by atoms with Crippen LogP contribution >= 0.6 is 0 Å². The Labute approximate surface area is 96.3 Å². The highest BCUT2D eigenvalue weighted by Gasteiger charge is 2.48. The zero-order valence-electron chi connectivity index (χ0n) is 9.86. The average Bonchev–Trinajstić information content (AvgIpc) is 2.29. The quantitative estimate of drug-likeness (QED) is 0.657. The van der Waals surface area contributed by atoms with Crippen LogP contribution in [-0.4, -0.2) is 30.3 Å². The van der Waals surface area contributed by atoms with E-state index in [9.17, 15) is 4.79 Å². The highest BCUT2D eigenvalue weighted by Crippen LogP contribution is 2.41. The fourth-order valence-corrected chi connectivity index (χ4v) is 3.21. The Kier molecular flexibility index (Phi) is 1.99. The molecule has 2 atom stereocenters. The van der Waals surface area contributed by atoms with Gasteiger partial charge in [0.05, 0.1) is 11.5 Å². The van der Waals surface area contributed by atoms with Gasteiger partial charge in [-0.2, -0.15) is 0 Å². The van der Waals surface area contributed by atoms with E-state index >= 15 is 0 Å². The van der Waals surface area contributed by atoms with Crippen LogP contribution in [0.4, 0.5) is 0 Å². The Morgan fingerprint density at radius 1 is 1.38 bits per heavy atom. The Balaban J connectivity index is 2.19. The van der Waals surface area contributed by atoms with Crippen LogP contribution in [0.25, 0.3) is 0 Å². The van der Waals surface area contributed by atoms with Crippen molar-refractivity contribution in [2.24, 2.45) is 0 Å². The fourth-order valence-electron chi connectivity index (χ4n) is 3.21. The Morgan fingerprint density at radius 2 is 2.12 bits per heavy atom. The number of likely N-dealkylation sites (N-methyl/N-ethyl adjacent to an activating group) is 1. The number of fused-ring (bicyclic) bond motifs is 4. The zero-order chi connectivity index (χ0) is 11.3. The van der Waals surface area contributed by atoms with E-state index in [1.54, 1.807) is 0 Å². The number of likely N-dealkylation sites (tertiary alicyclic amines) is 1. The first-order valence-corrected chi connectivity index (χ1v) is 5.96. The largest absolute Gasteiger partial charge is 0.297 e. The summed E-state index contributed by atoms with van der Waals surface area (Å²) < 4.78 is 0. The molecule has 2 nitrogen and oxygen atoms in total. The first kappa shape index (κ1) is 10.0. The van der Waals surface area contributed by atoms with Crippen molar-refractivity contribution in [1.82, 2.24) is 4.90 Å². The van der Waals surface area contributed by atoms with Crippen LogP contribution in [0, 0.1) is 0 Å². The molecule has 1 aromatic rings. The lowest BCUT2D eigenvalue weighted by Gasteiger charge is -2.47. The average molecular weight is 215 g/mol. The van der Waals surface area contributed by atoms with Crippen LogP contribution in [0.5, 0.6) is 0 Å². The number of hydrogen-bond acceptors (Lipinski definition) is 2. The van der Waals surface area contributed by atoms with Crippen molar-refractivity contribution in [3.63, 3.8) is 0 Å². The number of carbonyl (C=O) groups excluding carboxylic acids is 1. The van der Waals surface area contributed by atoms with Crippen molar-refractivity contribution in [2.75, 3.05) is 13.6 Å². The smallest absolute Gasteiger partial charge is 0.160 e. The molecule has 1 aromatic carbocycles. The summed E-state index contributed by atoms with van der Waals surface area (Å²) in [6.45, 7) is 3.15. The van der Waals surface area contributed by atoms with Gasteiger partial charge in [-0.1, -0.05) is 24.3 Å². The summed E-state index contributed by atoms with van der Waals surface area (Å²) in [4.78, 5) is 14.7. The van der Waals surface area contributed by atoms with Gasteiger partial charge in [-0.05, 0) is 44.5 Å². The molecule has 0 saturated carbocycles. The number of piperidine rings is 1. The number of hydrogen-bond donors (Lipinski definition) is 0. The lowest BCUT2D eigenvalue weighted by molar-refractivity contribution is -0.133. The predicted octanol–water partition coefficient (Wildman–Crippen LogP) is 1.77. The highest BCUT2D eigenvalue weighted by atomic mass is 16.1. The summed E-state index contributed by atoms with van der Waals surface area (Å²) >= 11 is 0. The maximum Gasteiger partial charge on any atom is 0.160 e. The zero-order valence-corrected chi connectivity index (χ0v) is 9.86. The van der Waals surface area contributed by atoms with Crippen LogP contribution in [0.3, 0.4) is 0 Å². The van der Waals surface area contributed by atoms with Gasteiger partial charge in [0.15, 0.2) is 5.78 Å². The van der Waals surface area contributed by atoms with Gasteiger partial charge >= 0.3 is 0 Å². The molecule has 2 bridgehead atoms. The first-order valence-electron chi connectivity index (χ1n) is 5.96. The van der Waals surface area contributed by atoms with Crippen LogP contribution in [0.1, 0.15) is 24.5 Å². The van der Waals surface area contributed by atoms with E-state index in [-0.39, 0.29) is 11.5 Å². The molecule has 0 radical (unpaired) electrons. The maximum atomic E-state index is 12.5. The molecule has 84 valence electrons. The first-order chi connectivity index (χ1) is 7.63. The third kappa shape index (κ3) is 1.14. The Bertz CT molecular complexity index is 454. The maximum absolute atomic E-state index is 12.5. The lowest BCUT2D eigenvalue weighted by atomic mass is 9.64. The van der Waals surface area contributed by atoms with Gasteiger partial charge in [0.2, 0.25) is 0 Å². The molecule has 0 amide bonds. The molecule has 0 N–H and O–H groups in total. The van der Waals surface area contributed by atoms with Gasteiger partial charge in [-0.25, -0.2) is 0 Å². The number of carbonyl (C=O) groups is 1. The number of nitrogens with zero attached hydrogens (tertiary/aromatic N) is 1. The SMILES string of the molecule is CN1CCC2(C)C(=O)C1Cc1ccccc12. The third-order valence-electron chi connectivity index (χ3n) is 4.37. The molecule has 2 aliphatic rings. The van der Waals surface area contributed by atoms with Gasteiger partial charge in [-0.3, -0.25) is 9.69 Å². The molecule has 2 heteroatoms. The van der Waals surface area contributed by atoms with E-state index < -0.39 is 0 Å². The van der Waals surface area contributed by atoms with Crippen molar-refractivity contribution >= 4 is 5.78 Å². The molecule has 1 saturated heterocycles. The van der Waals surface area contributed by atoms with Crippen LogP contribution in [-0.2, 0) is 16.6 Å². The summed E-state index contributed by atoms with van der Waals surface area (Å²) in [5.41, 5.74) is 2.40. The molecule has 0 aromatic heterocycles. The van der Waals surface area contributed by atoms with Crippen molar-refractivity contribution in [3.8, 4) is 0 Å². The Morgan fingerprint density at radius 3 is 2.94 bits per heavy atom. The second-order valence-electron chi connectivity index (χ2n) is 5.30. The molecule has 3 rings (SSSR count). The summed E-state index contributed by atoms with van der Waals surface area (Å²) in [5, 5.41) is 0. The molecule has 0 spiro atoms. The molecule has 16 heavy (non-hydrogen) atoms. The molecule has 1 fully saturated rings. The van der Waals surface area contributed by atoms with Gasteiger partial charge in [0, 0.05) is 0 Å². The minimum absolute atomic E-state index is 0.105. The standard InChI is InChI=1S/C14H17NO/c1-14-7-8-15(2)12(13(14)16)9-10-5-3-4-6-11(10)14/h3-6,12H,7-9H2,1-2H3. The summed E-state index contributed by atoms with van der Waals surface area (Å²) in [6.07, 6.45) is 1.84. The Hall–Kier alpha value is -1.15. The number of benzene rings is 1. The van der Waals surface area contributed by atoms with E-state index in [2.05, 4.69) is 43.1 Å². The predicted molar refractivity (Wildman–Crippen MR) is 63.5 cm³/mol. The van der Waals surface area contributed by atoms with Gasteiger partial charge in [0.25, 0.3) is 0 Å². The van der Waals surface area contributed by atoms with E-state index in [4.69, 9.17) is 0 Å². The highest BCUT2D eigenvalue weighted by molar-refractivity contribution is 5.97. The van der Waals surface area contributed by atoms with Gasteiger partial charge in [0.1, 0.15) is 0 Å². The van der Waals surface area contributed by atoms with Gasteiger partial charge in [-0.15, -0.1) is 0 Å². The topological polar surface area (TPSA) is 20.3 Å². The molecule has 1 aliphatic heterocycles. The van der Waals surface area contributed by atoms with Crippen LogP contribution < -0.4 is 0 Å². The minimum atomic E-state index is -0.230. The summed E-state index contributed by atoms with van der Waals surface area (Å²) in [5.74, 6) is 0.417. The molecule has 1 heterocycles. The van der Waals surface area contributed by atoms with Crippen molar-refractivity contribution < 1.29 is 4.79 Å². The summed E-state index contributed by atoms with van der Waals surface area (Å²) in [6, 6.07) is 8.54. The van der Waals surface area contributed by atoms with Crippen LogP contribution in [0.2, 0.25) is 0 Å². The number of Topliss-reactive ketones (excluding diaryl/α,β-unsaturated/α-hetero) is 1. The summed E-state index contributed by atoms with van der Waals surface area (Å²) in [7, 11) is 2.07. The number of rotatable bonds is 0. The second kappa shape index (κ2) is 3.17.